The molecule has 26 heavy (non-hydrogen) atoms. The molecule has 1 aliphatic heterocycles. The maximum absolute atomic E-state index is 11.3. The van der Waals surface area contributed by atoms with E-state index in [2.05, 4.69) is 0 Å². The molecule has 1 fully saturated rings. The molecule has 150 valence electrons. The van der Waals surface area contributed by atoms with E-state index in [1.54, 1.807) is 7.11 Å². The van der Waals surface area contributed by atoms with E-state index in [9.17, 15) is 19.8 Å². The number of ether oxygens (including phenoxy) is 2. The van der Waals surface area contributed by atoms with Crippen LogP contribution in [0.4, 0.5) is 0 Å². The van der Waals surface area contributed by atoms with Gasteiger partial charge in [0.1, 0.15) is 18.1 Å². The summed E-state index contributed by atoms with van der Waals surface area (Å²) < 4.78 is 10.2. The van der Waals surface area contributed by atoms with Gasteiger partial charge in [0, 0.05) is 13.2 Å². The number of hydrogen-bond acceptors (Lipinski definition) is 6. The van der Waals surface area contributed by atoms with Crippen molar-refractivity contribution in [3.8, 4) is 0 Å². The van der Waals surface area contributed by atoms with E-state index < -0.39 is 17.7 Å². The Labute approximate surface area is 155 Å². The summed E-state index contributed by atoms with van der Waals surface area (Å²) in [6, 6.07) is 0. The molecular formula is C19H32O7. The lowest BCUT2D eigenvalue weighted by Crippen LogP contribution is -2.47. The Balaban J connectivity index is 2.34. The first-order valence-corrected chi connectivity index (χ1v) is 9.09. The normalized spacial score (nSPS) is 25.0. The fourth-order valence-corrected chi connectivity index (χ4v) is 3.53. The van der Waals surface area contributed by atoms with Crippen molar-refractivity contribution in [2.75, 3.05) is 13.7 Å². The summed E-state index contributed by atoms with van der Waals surface area (Å²) in [6.07, 6.45) is 3.49. The maximum Gasteiger partial charge on any atom is 0.328 e. The molecule has 5 atom stereocenters. The molecule has 1 heterocycles. The van der Waals surface area contributed by atoms with Gasteiger partial charge >= 0.3 is 11.9 Å². The van der Waals surface area contributed by atoms with Crippen LogP contribution in [0.15, 0.2) is 11.6 Å². The highest BCUT2D eigenvalue weighted by Gasteiger charge is 2.41. The Morgan fingerprint density at radius 2 is 2.08 bits per heavy atom. The number of carbonyl (C=O) groups is 2. The first kappa shape index (κ1) is 22.6. The molecule has 5 unspecified atom stereocenters. The third kappa shape index (κ3) is 6.70. The van der Waals surface area contributed by atoms with Crippen molar-refractivity contribution in [2.45, 2.75) is 70.7 Å². The molecule has 7 heteroatoms. The number of cyclic esters (lactones) is 1. The lowest BCUT2D eigenvalue weighted by atomic mass is 9.83. The lowest BCUT2D eigenvalue weighted by Gasteiger charge is -2.35. The number of carboxylic acids is 1. The van der Waals surface area contributed by atoms with Crippen LogP contribution in [0.5, 0.6) is 0 Å². The molecule has 0 saturated carbocycles. The van der Waals surface area contributed by atoms with Crippen LogP contribution in [0, 0.1) is 11.8 Å². The first-order chi connectivity index (χ1) is 12.1. The van der Waals surface area contributed by atoms with Crippen LogP contribution >= 0.6 is 0 Å². The van der Waals surface area contributed by atoms with E-state index in [1.165, 1.54) is 13.8 Å². The number of methoxy groups -OCH3 is 1. The van der Waals surface area contributed by atoms with Crippen LogP contribution in [-0.2, 0) is 19.1 Å². The highest BCUT2D eigenvalue weighted by atomic mass is 16.6. The van der Waals surface area contributed by atoms with Gasteiger partial charge in [0.05, 0.1) is 12.2 Å². The summed E-state index contributed by atoms with van der Waals surface area (Å²) in [4.78, 5) is 22.0. The summed E-state index contributed by atoms with van der Waals surface area (Å²) >= 11 is 0. The summed E-state index contributed by atoms with van der Waals surface area (Å²) in [5.41, 5.74) is -1.16. The van der Waals surface area contributed by atoms with Crippen molar-refractivity contribution in [1.29, 1.82) is 0 Å². The fourth-order valence-electron chi connectivity index (χ4n) is 3.53. The number of carbonyl (C=O) groups excluding carboxylic acids is 1. The molecule has 1 rings (SSSR count). The molecule has 0 spiro atoms. The zero-order chi connectivity index (χ0) is 19.9. The molecule has 0 aromatic rings. The van der Waals surface area contributed by atoms with Crippen molar-refractivity contribution in [1.82, 2.24) is 0 Å². The highest BCUT2D eigenvalue weighted by Crippen LogP contribution is 2.30. The molecule has 1 aliphatic rings. The molecule has 3 N–H and O–H groups in total. The summed E-state index contributed by atoms with van der Waals surface area (Å²) in [5.74, 6) is -1.33. The van der Waals surface area contributed by atoms with E-state index >= 15 is 0 Å². The van der Waals surface area contributed by atoms with E-state index in [-0.39, 0.29) is 29.5 Å². The molecule has 0 aromatic carbocycles. The molecule has 1 saturated heterocycles. The Hall–Kier alpha value is -1.44. The third-order valence-electron chi connectivity index (χ3n) is 4.93. The second kappa shape index (κ2) is 10.0. The number of hydrogen-bond donors (Lipinski definition) is 3. The van der Waals surface area contributed by atoms with Crippen LogP contribution < -0.4 is 0 Å². The van der Waals surface area contributed by atoms with Gasteiger partial charge in [0.25, 0.3) is 0 Å². The van der Waals surface area contributed by atoms with E-state index in [0.29, 0.717) is 13.0 Å². The zero-order valence-corrected chi connectivity index (χ0v) is 16.1. The minimum absolute atomic E-state index is 0.0634. The van der Waals surface area contributed by atoms with Gasteiger partial charge < -0.3 is 24.8 Å². The van der Waals surface area contributed by atoms with Gasteiger partial charge in [-0.15, -0.1) is 0 Å². The van der Waals surface area contributed by atoms with Crippen molar-refractivity contribution < 1.29 is 34.4 Å². The molecule has 0 bridgehead atoms. The van der Waals surface area contributed by atoms with Crippen molar-refractivity contribution >= 4 is 11.9 Å². The van der Waals surface area contributed by atoms with Crippen LogP contribution in [0.25, 0.3) is 0 Å². The van der Waals surface area contributed by atoms with Crippen LogP contribution in [-0.4, -0.2) is 58.8 Å². The lowest BCUT2D eigenvalue weighted by molar-refractivity contribution is -0.190. The fraction of sp³-hybridized carbons (Fsp3) is 0.789. The van der Waals surface area contributed by atoms with Crippen molar-refractivity contribution in [3.63, 3.8) is 0 Å². The monoisotopic (exact) mass is 372 g/mol. The van der Waals surface area contributed by atoms with E-state index in [0.717, 1.165) is 31.8 Å². The summed E-state index contributed by atoms with van der Waals surface area (Å²) in [5, 5.41) is 29.4. The number of unbranched alkanes of at least 4 members (excludes halogenated alkanes) is 1. The van der Waals surface area contributed by atoms with Gasteiger partial charge in [-0.25, -0.2) is 4.79 Å². The average molecular weight is 372 g/mol. The second-order valence-electron chi connectivity index (χ2n) is 7.62. The van der Waals surface area contributed by atoms with Gasteiger partial charge in [-0.2, -0.15) is 0 Å². The average Bonchev–Trinajstić information content (AvgIpc) is 2.53. The molecule has 0 aliphatic carbocycles. The number of aliphatic hydroxyl groups excluding tert-OH is 1. The number of esters is 1. The minimum atomic E-state index is -1.39. The molecule has 0 radical (unpaired) electrons. The maximum atomic E-state index is 11.3. The quantitative estimate of drug-likeness (QED) is 0.272. The Kier molecular flexibility index (Phi) is 8.73. The topological polar surface area (TPSA) is 113 Å². The van der Waals surface area contributed by atoms with Crippen LogP contribution in [0.3, 0.4) is 0 Å². The largest absolute Gasteiger partial charge is 0.478 e. The summed E-state index contributed by atoms with van der Waals surface area (Å²) in [6.45, 7) is 5.41. The number of rotatable bonds is 12. The molecule has 0 amide bonds. The predicted octanol–water partition coefficient (Wildman–Crippen LogP) is 1.90. The molecule has 7 nitrogen and oxygen atoms in total. The SMILES string of the molecule is COCC1C(=O)OC1CCCCC(C)CC(C)(O)C(O)/C(C)=C/C(=O)O. The van der Waals surface area contributed by atoms with Gasteiger partial charge in [0.15, 0.2) is 0 Å². The van der Waals surface area contributed by atoms with Gasteiger partial charge in [-0.1, -0.05) is 19.8 Å². The number of aliphatic carboxylic acids is 1. The second-order valence-corrected chi connectivity index (χ2v) is 7.62. The first-order valence-electron chi connectivity index (χ1n) is 9.09. The highest BCUT2D eigenvalue weighted by molar-refractivity contribution is 5.80. The molecule has 0 aromatic heterocycles. The Bertz CT molecular complexity index is 512. The standard InChI is InChI=1S/C19H32O7/c1-12(10-19(3,24)17(22)13(2)9-16(20)21)7-5-6-8-15-14(11-25-4)18(23)26-15/h9,12,14-15,17,22,24H,5-8,10-11H2,1-4H3,(H,20,21)/b13-9+. The molecular weight excluding hydrogens is 340 g/mol. The van der Waals surface area contributed by atoms with Gasteiger partial charge in [0.2, 0.25) is 0 Å². The minimum Gasteiger partial charge on any atom is -0.478 e. The van der Waals surface area contributed by atoms with Crippen LogP contribution in [0.2, 0.25) is 0 Å². The van der Waals surface area contributed by atoms with Gasteiger partial charge in [-0.3, -0.25) is 4.79 Å². The van der Waals surface area contributed by atoms with E-state index in [4.69, 9.17) is 14.6 Å². The number of aliphatic hydroxyl groups is 2. The van der Waals surface area contributed by atoms with Crippen LogP contribution in [0.1, 0.15) is 52.9 Å². The van der Waals surface area contributed by atoms with Gasteiger partial charge in [-0.05, 0) is 44.6 Å². The van der Waals surface area contributed by atoms with Crippen molar-refractivity contribution in [3.05, 3.63) is 11.6 Å². The Morgan fingerprint density at radius 1 is 1.42 bits per heavy atom. The third-order valence-corrected chi connectivity index (χ3v) is 4.93. The smallest absolute Gasteiger partial charge is 0.328 e. The van der Waals surface area contributed by atoms with E-state index in [1.807, 2.05) is 6.92 Å². The predicted molar refractivity (Wildman–Crippen MR) is 95.5 cm³/mol. The number of carboxylic acid groups (broad SMARTS) is 1. The van der Waals surface area contributed by atoms with Crippen molar-refractivity contribution in [2.24, 2.45) is 11.8 Å². The zero-order valence-electron chi connectivity index (χ0n) is 16.1. The summed E-state index contributed by atoms with van der Waals surface area (Å²) in [7, 11) is 1.57. The Morgan fingerprint density at radius 3 is 2.62 bits per heavy atom.